The van der Waals surface area contributed by atoms with Crippen molar-refractivity contribution in [1.29, 1.82) is 0 Å². The lowest BCUT2D eigenvalue weighted by Crippen LogP contribution is -2.13. The fraction of sp³-hybridized carbons (Fsp3) is 0.429. The Balaban J connectivity index is 1.97. The summed E-state index contributed by atoms with van der Waals surface area (Å²) in [5.74, 6) is 1.26. The molecule has 0 bridgehead atoms. The third-order valence-corrected chi connectivity index (χ3v) is 5.73. The van der Waals surface area contributed by atoms with Crippen LogP contribution in [0.1, 0.15) is 18.2 Å². The lowest BCUT2D eigenvalue weighted by atomic mass is 10.1. The van der Waals surface area contributed by atoms with E-state index in [4.69, 9.17) is 11.6 Å². The van der Waals surface area contributed by atoms with Crippen LogP contribution in [-0.4, -0.2) is 46.4 Å². The topological polar surface area (TPSA) is 85.1 Å². The standard InChI is InChI=1S/C14H16ClN3O3S/c15-12-3-1-10(2-4-12)13-16-14(18(17-13)6-7-19)11-5-8-22(20,21)9-11/h1-4,11,19H,5-9H2/t11-/m1/s1. The Labute approximate surface area is 133 Å². The molecule has 0 unspecified atom stereocenters. The third kappa shape index (κ3) is 3.16. The molecule has 0 saturated carbocycles. The average molecular weight is 342 g/mol. The van der Waals surface area contributed by atoms with Crippen molar-refractivity contribution in [1.82, 2.24) is 14.8 Å². The molecule has 6 nitrogen and oxygen atoms in total. The molecule has 2 heterocycles. The van der Waals surface area contributed by atoms with Crippen LogP contribution in [0.2, 0.25) is 5.02 Å². The van der Waals surface area contributed by atoms with Crippen LogP contribution in [0.3, 0.4) is 0 Å². The number of aromatic nitrogens is 3. The molecule has 8 heteroatoms. The predicted molar refractivity (Wildman–Crippen MR) is 83.6 cm³/mol. The van der Waals surface area contributed by atoms with Crippen LogP contribution in [0.15, 0.2) is 24.3 Å². The first-order valence-corrected chi connectivity index (χ1v) is 9.20. The molecular weight excluding hydrogens is 326 g/mol. The molecule has 0 amide bonds. The Bertz CT molecular complexity index is 771. The number of nitrogens with zero attached hydrogens (tertiary/aromatic N) is 3. The van der Waals surface area contributed by atoms with E-state index in [0.717, 1.165) is 5.56 Å². The van der Waals surface area contributed by atoms with Crippen LogP contribution in [0.4, 0.5) is 0 Å². The Morgan fingerprint density at radius 3 is 2.64 bits per heavy atom. The van der Waals surface area contributed by atoms with Gasteiger partial charge in [0.1, 0.15) is 5.82 Å². The third-order valence-electron chi connectivity index (χ3n) is 3.71. The zero-order valence-electron chi connectivity index (χ0n) is 11.8. The van der Waals surface area contributed by atoms with Crippen molar-refractivity contribution in [3.63, 3.8) is 0 Å². The van der Waals surface area contributed by atoms with Crippen LogP contribution >= 0.6 is 11.6 Å². The predicted octanol–water partition coefficient (Wildman–Crippen LogP) is 1.49. The first kappa shape index (κ1) is 15.5. The summed E-state index contributed by atoms with van der Waals surface area (Å²) in [4.78, 5) is 4.51. The van der Waals surface area contributed by atoms with E-state index in [1.54, 1.807) is 16.8 Å². The highest BCUT2D eigenvalue weighted by molar-refractivity contribution is 7.91. The summed E-state index contributed by atoms with van der Waals surface area (Å²) in [6.07, 6.45) is 0.548. The first-order valence-electron chi connectivity index (χ1n) is 7.00. The van der Waals surface area contributed by atoms with Gasteiger partial charge in [-0.25, -0.2) is 18.1 Å². The highest BCUT2D eigenvalue weighted by atomic mass is 35.5. The molecule has 1 aromatic carbocycles. The van der Waals surface area contributed by atoms with Crippen LogP contribution < -0.4 is 0 Å². The minimum Gasteiger partial charge on any atom is -0.394 e. The van der Waals surface area contributed by atoms with Crippen molar-refractivity contribution < 1.29 is 13.5 Å². The van der Waals surface area contributed by atoms with E-state index in [1.807, 2.05) is 12.1 Å². The molecule has 0 aliphatic carbocycles. The van der Waals surface area contributed by atoms with E-state index < -0.39 is 9.84 Å². The highest BCUT2D eigenvalue weighted by Crippen LogP contribution is 2.29. The van der Waals surface area contributed by atoms with Crippen LogP contribution in [-0.2, 0) is 16.4 Å². The van der Waals surface area contributed by atoms with Gasteiger partial charge in [-0.15, -0.1) is 0 Å². The summed E-state index contributed by atoms with van der Waals surface area (Å²) in [7, 11) is -3.00. The number of aliphatic hydroxyl groups is 1. The normalized spacial score (nSPS) is 20.4. The molecule has 0 spiro atoms. The van der Waals surface area contributed by atoms with Gasteiger partial charge in [0, 0.05) is 16.5 Å². The van der Waals surface area contributed by atoms with Gasteiger partial charge in [-0.05, 0) is 30.7 Å². The largest absolute Gasteiger partial charge is 0.394 e. The van der Waals surface area contributed by atoms with Crippen molar-refractivity contribution >= 4 is 21.4 Å². The summed E-state index contributed by atoms with van der Waals surface area (Å²) < 4.78 is 25.0. The molecule has 1 atom stereocenters. The second kappa shape index (κ2) is 5.98. The zero-order valence-corrected chi connectivity index (χ0v) is 13.4. The number of benzene rings is 1. The number of sulfone groups is 1. The lowest BCUT2D eigenvalue weighted by Gasteiger charge is -2.08. The van der Waals surface area contributed by atoms with Gasteiger partial charge in [0.25, 0.3) is 0 Å². The highest BCUT2D eigenvalue weighted by Gasteiger charge is 2.32. The lowest BCUT2D eigenvalue weighted by molar-refractivity contribution is 0.266. The molecule has 3 rings (SSSR count). The maximum Gasteiger partial charge on any atom is 0.181 e. The Morgan fingerprint density at radius 1 is 1.32 bits per heavy atom. The zero-order chi connectivity index (χ0) is 15.7. The molecule has 1 fully saturated rings. The van der Waals surface area contributed by atoms with Crippen molar-refractivity contribution in [2.75, 3.05) is 18.1 Å². The molecule has 1 aliphatic heterocycles. The molecular formula is C14H16ClN3O3S. The van der Waals surface area contributed by atoms with E-state index in [1.165, 1.54) is 0 Å². The number of hydrogen-bond acceptors (Lipinski definition) is 5. The van der Waals surface area contributed by atoms with Crippen LogP contribution in [0, 0.1) is 0 Å². The molecule has 22 heavy (non-hydrogen) atoms. The summed E-state index contributed by atoms with van der Waals surface area (Å²) in [5.41, 5.74) is 0.809. The maximum absolute atomic E-state index is 11.7. The minimum atomic E-state index is -3.00. The number of hydrogen-bond donors (Lipinski definition) is 1. The van der Waals surface area contributed by atoms with E-state index in [0.29, 0.717) is 29.6 Å². The monoisotopic (exact) mass is 341 g/mol. The molecule has 1 N–H and O–H groups in total. The maximum atomic E-state index is 11.7. The van der Waals surface area contributed by atoms with Gasteiger partial charge in [0.2, 0.25) is 0 Å². The van der Waals surface area contributed by atoms with Crippen LogP contribution in [0.5, 0.6) is 0 Å². The fourth-order valence-corrected chi connectivity index (χ4v) is 4.50. The van der Waals surface area contributed by atoms with E-state index in [2.05, 4.69) is 10.1 Å². The summed E-state index contributed by atoms with van der Waals surface area (Å²) >= 11 is 5.87. The SMILES string of the molecule is O=S1(=O)CC[C@@H](c2nc(-c3ccc(Cl)cc3)nn2CCO)C1. The number of halogens is 1. The molecule has 1 aliphatic rings. The van der Waals surface area contributed by atoms with Gasteiger partial charge in [0.15, 0.2) is 15.7 Å². The molecule has 1 aromatic heterocycles. The number of rotatable bonds is 4. The quantitative estimate of drug-likeness (QED) is 0.910. The van der Waals surface area contributed by atoms with Crippen LogP contribution in [0.25, 0.3) is 11.4 Å². The van der Waals surface area contributed by atoms with Gasteiger partial charge in [-0.1, -0.05) is 11.6 Å². The molecule has 1 saturated heterocycles. The molecule has 2 aromatic rings. The van der Waals surface area contributed by atoms with Gasteiger partial charge < -0.3 is 5.11 Å². The van der Waals surface area contributed by atoms with E-state index >= 15 is 0 Å². The van der Waals surface area contributed by atoms with Crippen molar-refractivity contribution in [2.24, 2.45) is 0 Å². The van der Waals surface area contributed by atoms with Gasteiger partial charge in [-0.3, -0.25) is 0 Å². The Morgan fingerprint density at radius 2 is 2.05 bits per heavy atom. The van der Waals surface area contributed by atoms with Crippen molar-refractivity contribution in [3.05, 3.63) is 35.1 Å². The summed E-state index contributed by atoms with van der Waals surface area (Å²) in [6.45, 7) is 0.225. The van der Waals surface area contributed by atoms with E-state index in [-0.39, 0.29) is 24.0 Å². The van der Waals surface area contributed by atoms with Gasteiger partial charge in [-0.2, -0.15) is 5.10 Å². The number of aliphatic hydroxyl groups excluding tert-OH is 1. The molecule has 118 valence electrons. The summed E-state index contributed by atoms with van der Waals surface area (Å²) in [5, 5.41) is 14.2. The fourth-order valence-electron chi connectivity index (χ4n) is 2.64. The smallest absolute Gasteiger partial charge is 0.181 e. The van der Waals surface area contributed by atoms with Crippen molar-refractivity contribution in [2.45, 2.75) is 18.9 Å². The van der Waals surface area contributed by atoms with Gasteiger partial charge in [0.05, 0.1) is 24.7 Å². The second-order valence-corrected chi connectivity index (χ2v) is 8.01. The second-order valence-electron chi connectivity index (χ2n) is 5.35. The van der Waals surface area contributed by atoms with Gasteiger partial charge >= 0.3 is 0 Å². The van der Waals surface area contributed by atoms with E-state index in [9.17, 15) is 13.5 Å². The first-order chi connectivity index (χ1) is 10.5. The van der Waals surface area contributed by atoms with Crippen molar-refractivity contribution in [3.8, 4) is 11.4 Å². The average Bonchev–Trinajstić information content (AvgIpc) is 3.03. The minimum absolute atomic E-state index is 0.0735. The summed E-state index contributed by atoms with van der Waals surface area (Å²) in [6, 6.07) is 7.14. The Hall–Kier alpha value is -1.44. The Kier molecular flexibility index (Phi) is 4.20. The molecule has 0 radical (unpaired) electrons.